The van der Waals surface area contributed by atoms with Gasteiger partial charge in [0.05, 0.1) is 11.3 Å². The van der Waals surface area contributed by atoms with Crippen LogP contribution < -0.4 is 4.72 Å². The molecule has 0 fully saturated rings. The van der Waals surface area contributed by atoms with Gasteiger partial charge in [-0.2, -0.15) is 13.2 Å². The zero-order chi connectivity index (χ0) is 13.3. The molecule has 3 nitrogen and oxygen atoms in total. The lowest BCUT2D eigenvalue weighted by Gasteiger charge is -2.10. The van der Waals surface area contributed by atoms with Gasteiger partial charge in [0, 0.05) is 0 Å². The summed E-state index contributed by atoms with van der Waals surface area (Å²) in [6.45, 7) is 0. The molecule has 0 aliphatic carbocycles. The molecule has 1 N–H and O–H groups in total. The standard InChI is InChI=1S/C8H6ClF4NO2S/c9-4-17(15,16)14-7-3-5(8(11,12)13)1-2-6(7)10/h1-3,14H,4H2. The molecule has 0 atom stereocenters. The van der Waals surface area contributed by atoms with E-state index >= 15 is 0 Å². The third-order valence-corrected chi connectivity index (χ3v) is 3.38. The Morgan fingerprint density at radius 1 is 1.29 bits per heavy atom. The van der Waals surface area contributed by atoms with Crippen molar-refractivity contribution < 1.29 is 26.0 Å². The van der Waals surface area contributed by atoms with Crippen LogP contribution in [0.5, 0.6) is 0 Å². The summed E-state index contributed by atoms with van der Waals surface area (Å²) in [6, 6.07) is 1.39. The Kier molecular flexibility index (Phi) is 3.88. The molecule has 9 heteroatoms. The summed E-state index contributed by atoms with van der Waals surface area (Å²) >= 11 is 5.03. The molecule has 0 heterocycles. The highest BCUT2D eigenvalue weighted by Crippen LogP contribution is 2.32. The number of nitrogens with one attached hydrogen (secondary N) is 1. The van der Waals surface area contributed by atoms with Crippen molar-refractivity contribution in [3.63, 3.8) is 0 Å². The highest BCUT2D eigenvalue weighted by molar-refractivity contribution is 7.93. The van der Waals surface area contributed by atoms with Crippen LogP contribution in [-0.2, 0) is 16.2 Å². The van der Waals surface area contributed by atoms with E-state index in [1.165, 1.54) is 0 Å². The van der Waals surface area contributed by atoms with E-state index in [0.717, 1.165) is 0 Å². The second-order valence-corrected chi connectivity index (χ2v) is 5.32. The summed E-state index contributed by atoms with van der Waals surface area (Å²) in [4.78, 5) is 0. The number of benzene rings is 1. The molecule has 0 aliphatic rings. The van der Waals surface area contributed by atoms with E-state index in [1.807, 2.05) is 0 Å². The maximum Gasteiger partial charge on any atom is 0.416 e. The second-order valence-electron chi connectivity index (χ2n) is 3.02. The quantitative estimate of drug-likeness (QED) is 0.687. The van der Waals surface area contributed by atoms with Gasteiger partial charge in [-0.05, 0) is 18.2 Å². The van der Waals surface area contributed by atoms with Crippen molar-refractivity contribution in [2.45, 2.75) is 6.18 Å². The predicted molar refractivity (Wildman–Crippen MR) is 54.7 cm³/mol. The number of alkyl halides is 4. The van der Waals surface area contributed by atoms with Crippen LogP contribution in [0, 0.1) is 5.82 Å². The number of anilines is 1. The Bertz CT molecular complexity index is 515. The van der Waals surface area contributed by atoms with Crippen LogP contribution in [0.15, 0.2) is 18.2 Å². The van der Waals surface area contributed by atoms with Crippen LogP contribution in [0.3, 0.4) is 0 Å². The molecule has 0 saturated carbocycles. The normalized spacial score (nSPS) is 12.5. The number of rotatable bonds is 3. The summed E-state index contributed by atoms with van der Waals surface area (Å²) in [5.41, 5.74) is -1.95. The number of hydrogen-bond acceptors (Lipinski definition) is 2. The lowest BCUT2D eigenvalue weighted by Crippen LogP contribution is -2.15. The van der Waals surface area contributed by atoms with Crippen molar-refractivity contribution >= 4 is 27.3 Å². The minimum atomic E-state index is -4.69. The van der Waals surface area contributed by atoms with Crippen molar-refractivity contribution in [2.75, 3.05) is 9.93 Å². The Labute approximate surface area is 99.4 Å². The van der Waals surface area contributed by atoms with Gasteiger partial charge in [-0.1, -0.05) is 0 Å². The third kappa shape index (κ3) is 3.74. The number of hydrogen-bond donors (Lipinski definition) is 1. The molecule has 96 valence electrons. The fourth-order valence-electron chi connectivity index (χ4n) is 0.975. The first-order valence-electron chi connectivity index (χ1n) is 4.09. The number of halogens is 5. The maximum absolute atomic E-state index is 13.1. The molecular weight excluding hydrogens is 286 g/mol. The molecule has 0 spiro atoms. The van der Waals surface area contributed by atoms with E-state index in [-0.39, 0.29) is 0 Å². The third-order valence-electron chi connectivity index (χ3n) is 1.70. The average Bonchev–Trinajstić information content (AvgIpc) is 2.19. The van der Waals surface area contributed by atoms with E-state index in [4.69, 9.17) is 11.6 Å². The van der Waals surface area contributed by atoms with Crippen LogP contribution in [0.2, 0.25) is 0 Å². The SMILES string of the molecule is O=S(=O)(CCl)Nc1cc(C(F)(F)F)ccc1F. The van der Waals surface area contributed by atoms with Crippen molar-refractivity contribution in [3.8, 4) is 0 Å². The van der Waals surface area contributed by atoms with Gasteiger partial charge in [0.2, 0.25) is 10.0 Å². The topological polar surface area (TPSA) is 46.2 Å². The first kappa shape index (κ1) is 14.0. The van der Waals surface area contributed by atoms with Crippen LogP contribution in [0.1, 0.15) is 5.56 Å². The molecule has 0 saturated heterocycles. The Morgan fingerprint density at radius 2 is 1.88 bits per heavy atom. The highest BCUT2D eigenvalue weighted by atomic mass is 35.5. The Hall–Kier alpha value is -1.02. The molecule has 1 rings (SSSR count). The van der Waals surface area contributed by atoms with Gasteiger partial charge >= 0.3 is 6.18 Å². The van der Waals surface area contributed by atoms with E-state index in [1.54, 1.807) is 4.72 Å². The summed E-state index contributed by atoms with van der Waals surface area (Å²) in [5, 5.41) is -0.886. The summed E-state index contributed by atoms with van der Waals surface area (Å²) in [7, 11) is -4.05. The summed E-state index contributed by atoms with van der Waals surface area (Å²) in [6.07, 6.45) is -4.69. The minimum absolute atomic E-state index is 0.361. The Balaban J connectivity index is 3.17. The fourth-order valence-corrected chi connectivity index (χ4v) is 1.68. The Morgan fingerprint density at radius 3 is 2.35 bits per heavy atom. The molecule has 0 amide bonds. The van der Waals surface area contributed by atoms with Gasteiger partial charge in [0.1, 0.15) is 11.0 Å². The smallest absolute Gasteiger partial charge is 0.280 e. The molecule has 1 aromatic rings. The molecule has 0 bridgehead atoms. The first-order valence-corrected chi connectivity index (χ1v) is 6.27. The van der Waals surface area contributed by atoms with Crippen molar-refractivity contribution in [2.24, 2.45) is 0 Å². The summed E-state index contributed by atoms with van der Waals surface area (Å²) < 4.78 is 73.5. The van der Waals surface area contributed by atoms with Gasteiger partial charge in [0.15, 0.2) is 0 Å². The molecule has 0 aliphatic heterocycles. The van der Waals surface area contributed by atoms with Gasteiger partial charge in [-0.25, -0.2) is 12.8 Å². The summed E-state index contributed by atoms with van der Waals surface area (Å²) in [5.74, 6) is -1.12. The van der Waals surface area contributed by atoms with Gasteiger partial charge in [-0.3, -0.25) is 4.72 Å². The molecule has 0 unspecified atom stereocenters. The molecule has 0 radical (unpaired) electrons. The van der Waals surface area contributed by atoms with Crippen LogP contribution in [0.25, 0.3) is 0 Å². The van der Waals surface area contributed by atoms with E-state index in [9.17, 15) is 26.0 Å². The van der Waals surface area contributed by atoms with Crippen molar-refractivity contribution in [1.29, 1.82) is 0 Å². The lowest BCUT2D eigenvalue weighted by molar-refractivity contribution is -0.137. The maximum atomic E-state index is 13.1. The minimum Gasteiger partial charge on any atom is -0.280 e. The van der Waals surface area contributed by atoms with Crippen LogP contribution in [0.4, 0.5) is 23.2 Å². The van der Waals surface area contributed by atoms with Gasteiger partial charge in [-0.15, -0.1) is 11.6 Å². The van der Waals surface area contributed by atoms with E-state index < -0.39 is 38.5 Å². The number of sulfonamides is 1. The predicted octanol–water partition coefficient (Wildman–Crippen LogP) is 2.78. The fraction of sp³-hybridized carbons (Fsp3) is 0.250. The van der Waals surface area contributed by atoms with Gasteiger partial charge < -0.3 is 0 Å². The zero-order valence-corrected chi connectivity index (χ0v) is 9.63. The molecule has 17 heavy (non-hydrogen) atoms. The first-order chi connectivity index (χ1) is 7.65. The monoisotopic (exact) mass is 291 g/mol. The van der Waals surface area contributed by atoms with Crippen molar-refractivity contribution in [1.82, 2.24) is 0 Å². The lowest BCUT2D eigenvalue weighted by atomic mass is 10.2. The van der Waals surface area contributed by atoms with Crippen LogP contribution >= 0.6 is 11.6 Å². The van der Waals surface area contributed by atoms with E-state index in [2.05, 4.69) is 0 Å². The largest absolute Gasteiger partial charge is 0.416 e. The highest BCUT2D eigenvalue weighted by Gasteiger charge is 2.31. The van der Waals surface area contributed by atoms with Crippen LogP contribution in [-0.4, -0.2) is 13.6 Å². The second kappa shape index (κ2) is 4.69. The molecule has 1 aromatic carbocycles. The van der Waals surface area contributed by atoms with Gasteiger partial charge in [0.25, 0.3) is 0 Å². The van der Waals surface area contributed by atoms with Crippen molar-refractivity contribution in [3.05, 3.63) is 29.6 Å². The molecule has 0 aromatic heterocycles. The average molecular weight is 292 g/mol. The van der Waals surface area contributed by atoms with E-state index in [0.29, 0.717) is 18.2 Å². The molecular formula is C8H6ClF4NO2S. The zero-order valence-electron chi connectivity index (χ0n) is 8.05.